The van der Waals surface area contributed by atoms with E-state index in [4.69, 9.17) is 0 Å². The Balaban J connectivity index is -0.00000000667. The standard InChI is InChI=1S/2CH3.4Sn/h2*1H3;;;;. The van der Waals surface area contributed by atoms with E-state index in [0.29, 0.717) is 0 Å². The first-order valence-electron chi connectivity index (χ1n) is 1.00. The van der Waals surface area contributed by atoms with Crippen LogP contribution in [0.1, 0.15) is 0 Å². The van der Waals surface area contributed by atoms with Crippen molar-refractivity contribution in [1.29, 1.82) is 0 Å². The molecular formula is C2H6Sn4. The van der Waals surface area contributed by atoms with E-state index in [0.717, 1.165) is 0 Å². The average Bonchev–Trinajstić information content (AvgIpc) is 0.918. The van der Waals surface area contributed by atoms with E-state index >= 15 is 0 Å². The molecule has 0 unspecified atom stereocenters. The van der Waals surface area contributed by atoms with Gasteiger partial charge in [0.15, 0.2) is 0 Å². The van der Waals surface area contributed by atoms with Gasteiger partial charge in [0.25, 0.3) is 0 Å². The minimum absolute atomic E-state index is 0. The van der Waals surface area contributed by atoms with Gasteiger partial charge in [-0.1, -0.05) is 0 Å². The Morgan fingerprint density at radius 3 is 0.833 bits per heavy atom. The van der Waals surface area contributed by atoms with Crippen LogP contribution in [0.3, 0.4) is 0 Å². The van der Waals surface area contributed by atoms with Crippen LogP contribution >= 0.6 is 0 Å². The zero-order valence-electron chi connectivity index (χ0n) is 4.00. The van der Waals surface area contributed by atoms with Crippen molar-refractivity contribution >= 4 is 92.9 Å². The molecule has 0 amide bonds. The Bertz CT molecular complexity index is 5.51. The molecule has 4 heteroatoms. The van der Waals surface area contributed by atoms with Gasteiger partial charge >= 0.3 is 31.0 Å². The average molecular weight is 505 g/mol. The first-order valence-corrected chi connectivity index (χ1v) is 6.71. The van der Waals surface area contributed by atoms with E-state index in [-0.39, 0.29) is 92.9 Å². The third-order valence-electron chi connectivity index (χ3n) is 0. The van der Waals surface area contributed by atoms with Crippen LogP contribution in [0.15, 0.2) is 0 Å². The second-order valence-corrected chi connectivity index (χ2v) is 3.35. The summed E-state index contributed by atoms with van der Waals surface area (Å²) < 4.78 is 0. The largest absolute Gasteiger partial charge is 0 e. The van der Waals surface area contributed by atoms with E-state index in [9.17, 15) is 0 Å². The van der Waals surface area contributed by atoms with Crippen LogP contribution in [-0.2, 0) is 0 Å². The Hall–Kier alpha value is 3.19. The van der Waals surface area contributed by atoms with E-state index in [1.807, 2.05) is 0 Å². The van der Waals surface area contributed by atoms with E-state index in [2.05, 4.69) is 9.88 Å². The molecule has 0 nitrogen and oxygen atoms in total. The Labute approximate surface area is 101 Å². The van der Waals surface area contributed by atoms with Crippen molar-refractivity contribution < 1.29 is 0 Å². The number of hydrogen-bond donors (Lipinski definition) is 0. The van der Waals surface area contributed by atoms with E-state index in [1.54, 1.807) is 0 Å². The Kier molecular flexibility index (Phi) is 91.9. The summed E-state index contributed by atoms with van der Waals surface area (Å²) in [5.74, 6) is 0. The van der Waals surface area contributed by atoms with Gasteiger partial charge in [-0.25, -0.2) is 0 Å². The fraction of sp³-hybridized carbons (Fsp3) is 1.00. The van der Waals surface area contributed by atoms with Crippen LogP contribution in [0.25, 0.3) is 0 Å². The maximum atomic E-state index is 2.30. The van der Waals surface area contributed by atoms with Crippen LogP contribution in [0, 0.1) is 0 Å². The summed E-state index contributed by atoms with van der Waals surface area (Å²) in [6.07, 6.45) is 0. The maximum absolute atomic E-state index is 2.30. The fourth-order valence-corrected chi connectivity index (χ4v) is 0. The van der Waals surface area contributed by atoms with Crippen molar-refractivity contribution in [3.63, 3.8) is 0 Å². The Morgan fingerprint density at radius 2 is 0.833 bits per heavy atom. The van der Waals surface area contributed by atoms with E-state index in [1.165, 1.54) is 0 Å². The molecule has 0 fully saturated rings. The molecule has 0 aromatic heterocycles. The molecule has 14 radical (unpaired) electrons. The van der Waals surface area contributed by atoms with Crippen LogP contribution in [0.2, 0.25) is 9.88 Å². The summed E-state index contributed by atoms with van der Waals surface area (Å²) in [6.45, 7) is 0. The summed E-state index contributed by atoms with van der Waals surface area (Å²) in [6, 6.07) is 0. The van der Waals surface area contributed by atoms with Crippen molar-refractivity contribution in [2.75, 3.05) is 0 Å². The van der Waals surface area contributed by atoms with Gasteiger partial charge < -0.3 is 0 Å². The SMILES string of the molecule is [CH3][Sn][CH3].[Sn].[Sn].[Sn]. The monoisotopic (exact) mass is 510 g/mol. The van der Waals surface area contributed by atoms with Gasteiger partial charge in [0.1, 0.15) is 0 Å². The summed E-state index contributed by atoms with van der Waals surface area (Å²) in [7, 11) is 0. The molecule has 0 aliphatic heterocycles. The molecule has 0 spiro atoms. The van der Waals surface area contributed by atoms with Crippen LogP contribution in [0.5, 0.6) is 0 Å². The van der Waals surface area contributed by atoms with E-state index < -0.39 is 0 Å². The summed E-state index contributed by atoms with van der Waals surface area (Å²) in [4.78, 5) is 4.59. The van der Waals surface area contributed by atoms with Gasteiger partial charge in [0.2, 0.25) is 0 Å². The minimum atomic E-state index is 0. The van der Waals surface area contributed by atoms with Crippen LogP contribution in [0.4, 0.5) is 0 Å². The van der Waals surface area contributed by atoms with Crippen LogP contribution < -0.4 is 0 Å². The molecule has 30 valence electrons. The molecule has 0 atom stereocenters. The molecule has 0 aromatic rings. The maximum Gasteiger partial charge on any atom is 0 e. The van der Waals surface area contributed by atoms with Gasteiger partial charge in [-0.15, -0.1) is 0 Å². The van der Waals surface area contributed by atoms with Gasteiger partial charge in [0.05, 0.1) is 0 Å². The second-order valence-electron chi connectivity index (χ2n) is 0.500. The van der Waals surface area contributed by atoms with Gasteiger partial charge in [0, 0.05) is 71.7 Å². The molecule has 0 saturated heterocycles. The molecule has 0 aliphatic carbocycles. The molecule has 0 aliphatic rings. The zero-order chi connectivity index (χ0) is 2.71. The smallest absolute Gasteiger partial charge is 0 e. The third kappa shape index (κ3) is 27.1. The van der Waals surface area contributed by atoms with Gasteiger partial charge in [-0.2, -0.15) is 0 Å². The summed E-state index contributed by atoms with van der Waals surface area (Å²) >= 11 is 0.230. The molecule has 6 heavy (non-hydrogen) atoms. The van der Waals surface area contributed by atoms with Crippen molar-refractivity contribution in [1.82, 2.24) is 0 Å². The third-order valence-corrected chi connectivity index (χ3v) is 0. The van der Waals surface area contributed by atoms with Gasteiger partial charge in [-0.3, -0.25) is 0 Å². The predicted molar refractivity (Wildman–Crippen MR) is 34.7 cm³/mol. The molecule has 0 bridgehead atoms. The molecule has 0 saturated carbocycles. The Morgan fingerprint density at radius 1 is 0.833 bits per heavy atom. The number of hydrogen-bond acceptors (Lipinski definition) is 0. The fourth-order valence-electron chi connectivity index (χ4n) is 0. The van der Waals surface area contributed by atoms with Crippen molar-refractivity contribution in [3.05, 3.63) is 0 Å². The van der Waals surface area contributed by atoms with Gasteiger partial charge in [-0.05, 0) is 0 Å². The quantitative estimate of drug-likeness (QED) is 0.396. The zero-order valence-corrected chi connectivity index (χ0v) is 15.4. The molecule has 0 rings (SSSR count). The van der Waals surface area contributed by atoms with Crippen LogP contribution in [-0.4, -0.2) is 92.9 Å². The molecular weight excluding hydrogens is 499 g/mol. The predicted octanol–water partition coefficient (Wildman–Crippen LogP) is -0.356. The molecule has 0 heterocycles. The topological polar surface area (TPSA) is 0 Å². The van der Waals surface area contributed by atoms with Crippen molar-refractivity contribution in [2.45, 2.75) is 9.88 Å². The second kappa shape index (κ2) is 24.1. The minimum Gasteiger partial charge on any atom is 0 e. The van der Waals surface area contributed by atoms with Crippen molar-refractivity contribution in [3.8, 4) is 0 Å². The molecule has 0 N–H and O–H groups in total. The first-order chi connectivity index (χ1) is 1.41. The normalized spacial score (nSPS) is 3.00. The number of rotatable bonds is 0. The summed E-state index contributed by atoms with van der Waals surface area (Å²) in [5.41, 5.74) is 0. The first kappa shape index (κ1) is 22.9. The van der Waals surface area contributed by atoms with Crippen molar-refractivity contribution in [2.24, 2.45) is 0 Å². The molecule has 0 aromatic carbocycles. The summed E-state index contributed by atoms with van der Waals surface area (Å²) in [5, 5.41) is 0.